The van der Waals surface area contributed by atoms with E-state index in [9.17, 15) is 13.6 Å². The summed E-state index contributed by atoms with van der Waals surface area (Å²) >= 11 is 7.15. The molecule has 6 heteroatoms. The van der Waals surface area contributed by atoms with Gasteiger partial charge in [0.15, 0.2) is 6.29 Å². The van der Waals surface area contributed by atoms with Gasteiger partial charge in [0, 0.05) is 10.6 Å². The Hall–Kier alpha value is -1.30. The SMILES string of the molecule is O=Cc1cc(C2OCC(F)(F)c3ccc(Cl)cc32)cs1. The maximum atomic E-state index is 13.9. The third-order valence-corrected chi connectivity index (χ3v) is 4.29. The topological polar surface area (TPSA) is 26.3 Å². The fourth-order valence-corrected chi connectivity index (χ4v) is 3.19. The first-order valence-electron chi connectivity index (χ1n) is 5.84. The van der Waals surface area contributed by atoms with Crippen molar-refractivity contribution in [3.63, 3.8) is 0 Å². The normalized spacial score (nSPS) is 20.4. The van der Waals surface area contributed by atoms with Crippen molar-refractivity contribution in [3.05, 3.63) is 56.2 Å². The van der Waals surface area contributed by atoms with Gasteiger partial charge in [0.25, 0.3) is 5.92 Å². The van der Waals surface area contributed by atoms with Crippen molar-refractivity contribution in [1.29, 1.82) is 0 Å². The van der Waals surface area contributed by atoms with Gasteiger partial charge < -0.3 is 4.74 Å². The number of carbonyl (C=O) groups is 1. The minimum atomic E-state index is -3.03. The van der Waals surface area contributed by atoms with E-state index in [0.717, 1.165) is 6.29 Å². The van der Waals surface area contributed by atoms with Gasteiger partial charge in [0.05, 0.1) is 4.88 Å². The molecular formula is C14H9ClF2O2S. The molecule has 0 bridgehead atoms. The zero-order chi connectivity index (χ0) is 14.3. The van der Waals surface area contributed by atoms with Gasteiger partial charge in [-0.3, -0.25) is 4.79 Å². The molecule has 1 unspecified atom stereocenters. The second-order valence-electron chi connectivity index (χ2n) is 4.53. The van der Waals surface area contributed by atoms with Crippen molar-refractivity contribution in [2.45, 2.75) is 12.0 Å². The highest BCUT2D eigenvalue weighted by atomic mass is 35.5. The van der Waals surface area contributed by atoms with Gasteiger partial charge in [-0.25, -0.2) is 0 Å². The third kappa shape index (κ3) is 2.26. The number of benzene rings is 1. The summed E-state index contributed by atoms with van der Waals surface area (Å²) in [6.45, 7) is -0.682. The molecule has 1 aliphatic rings. The van der Waals surface area contributed by atoms with Gasteiger partial charge in [0.1, 0.15) is 12.7 Å². The Bertz CT molecular complexity index is 669. The lowest BCUT2D eigenvalue weighted by atomic mass is 9.92. The average Bonchev–Trinajstić information content (AvgIpc) is 2.87. The molecule has 1 aromatic heterocycles. The van der Waals surface area contributed by atoms with Crippen LogP contribution in [-0.4, -0.2) is 12.9 Å². The number of fused-ring (bicyclic) bond motifs is 1. The van der Waals surface area contributed by atoms with Crippen molar-refractivity contribution >= 4 is 29.2 Å². The van der Waals surface area contributed by atoms with Crippen LogP contribution in [0.15, 0.2) is 29.6 Å². The number of alkyl halides is 2. The first-order chi connectivity index (χ1) is 9.51. The third-order valence-electron chi connectivity index (χ3n) is 3.18. The zero-order valence-electron chi connectivity index (χ0n) is 10.1. The molecule has 1 aromatic carbocycles. The van der Waals surface area contributed by atoms with Crippen LogP contribution in [-0.2, 0) is 10.7 Å². The van der Waals surface area contributed by atoms with Crippen molar-refractivity contribution in [1.82, 2.24) is 0 Å². The van der Waals surface area contributed by atoms with Crippen molar-refractivity contribution < 1.29 is 18.3 Å². The van der Waals surface area contributed by atoms with E-state index in [2.05, 4.69) is 0 Å². The molecule has 0 saturated heterocycles. The fourth-order valence-electron chi connectivity index (χ4n) is 2.28. The molecule has 0 spiro atoms. The Morgan fingerprint density at radius 3 is 2.90 bits per heavy atom. The Balaban J connectivity index is 2.11. The van der Waals surface area contributed by atoms with Crippen LogP contribution < -0.4 is 0 Å². The predicted molar refractivity (Wildman–Crippen MR) is 72.8 cm³/mol. The minimum Gasteiger partial charge on any atom is -0.362 e. The highest BCUT2D eigenvalue weighted by molar-refractivity contribution is 7.11. The number of aldehydes is 1. The summed E-state index contributed by atoms with van der Waals surface area (Å²) in [6, 6.07) is 5.92. The second kappa shape index (κ2) is 4.91. The number of carbonyl (C=O) groups excluding carboxylic acids is 1. The van der Waals surface area contributed by atoms with Crippen LogP contribution in [0.25, 0.3) is 0 Å². The molecule has 2 nitrogen and oxygen atoms in total. The zero-order valence-corrected chi connectivity index (χ0v) is 11.7. The molecule has 0 N–H and O–H groups in total. The highest BCUT2D eigenvalue weighted by Gasteiger charge is 2.42. The molecule has 3 rings (SSSR count). The van der Waals surface area contributed by atoms with E-state index in [-0.39, 0.29) is 5.56 Å². The van der Waals surface area contributed by atoms with Gasteiger partial charge in [-0.2, -0.15) is 8.78 Å². The van der Waals surface area contributed by atoms with E-state index < -0.39 is 18.6 Å². The molecule has 1 aliphatic heterocycles. The number of thiophene rings is 1. The lowest BCUT2D eigenvalue weighted by Crippen LogP contribution is -2.30. The first kappa shape index (κ1) is 13.7. The Labute approximate surface area is 122 Å². The molecule has 0 radical (unpaired) electrons. The smallest absolute Gasteiger partial charge is 0.296 e. The lowest BCUT2D eigenvalue weighted by molar-refractivity contribution is -0.115. The Morgan fingerprint density at radius 2 is 2.20 bits per heavy atom. The van der Waals surface area contributed by atoms with E-state index in [1.165, 1.54) is 29.5 Å². The van der Waals surface area contributed by atoms with Gasteiger partial charge in [-0.05, 0) is 34.7 Å². The van der Waals surface area contributed by atoms with Gasteiger partial charge in [0.2, 0.25) is 0 Å². The first-order valence-corrected chi connectivity index (χ1v) is 7.10. The Kier molecular flexibility index (Phi) is 3.36. The van der Waals surface area contributed by atoms with Crippen LogP contribution in [0.2, 0.25) is 5.02 Å². The molecule has 104 valence electrons. The molecular weight excluding hydrogens is 306 g/mol. The molecule has 2 heterocycles. The number of hydrogen-bond donors (Lipinski definition) is 0. The summed E-state index contributed by atoms with van der Waals surface area (Å²) in [5.41, 5.74) is 0.970. The number of halogens is 3. The van der Waals surface area contributed by atoms with Crippen LogP contribution >= 0.6 is 22.9 Å². The monoisotopic (exact) mass is 314 g/mol. The standard InChI is InChI=1S/C14H9ClF2O2S/c15-9-1-2-12-11(4-9)13(19-7-14(12,16)17)8-3-10(5-18)20-6-8/h1-6,13H,7H2. The maximum absolute atomic E-state index is 13.9. The molecule has 0 aliphatic carbocycles. The van der Waals surface area contributed by atoms with Crippen molar-refractivity contribution in [3.8, 4) is 0 Å². The van der Waals surface area contributed by atoms with Crippen molar-refractivity contribution in [2.75, 3.05) is 6.61 Å². The van der Waals surface area contributed by atoms with Gasteiger partial charge in [-0.1, -0.05) is 17.7 Å². The van der Waals surface area contributed by atoms with Crippen LogP contribution in [0.5, 0.6) is 0 Å². The average molecular weight is 315 g/mol. The quantitative estimate of drug-likeness (QED) is 0.767. The van der Waals surface area contributed by atoms with Crippen molar-refractivity contribution in [2.24, 2.45) is 0 Å². The fraction of sp³-hybridized carbons (Fsp3) is 0.214. The van der Waals surface area contributed by atoms with Crippen LogP contribution in [0.4, 0.5) is 8.78 Å². The number of rotatable bonds is 2. The van der Waals surface area contributed by atoms with E-state index in [0.29, 0.717) is 21.0 Å². The second-order valence-corrected chi connectivity index (χ2v) is 5.91. The van der Waals surface area contributed by atoms with Crippen LogP contribution in [0.1, 0.15) is 32.5 Å². The molecule has 2 aromatic rings. The van der Waals surface area contributed by atoms with Gasteiger partial charge in [-0.15, -0.1) is 11.3 Å². The number of hydrogen-bond acceptors (Lipinski definition) is 3. The van der Waals surface area contributed by atoms with E-state index in [4.69, 9.17) is 16.3 Å². The molecule has 0 fully saturated rings. The summed E-state index contributed by atoms with van der Waals surface area (Å²) in [4.78, 5) is 11.3. The predicted octanol–water partition coefficient (Wildman–Crippen LogP) is 4.43. The highest BCUT2D eigenvalue weighted by Crippen LogP contribution is 2.44. The lowest BCUT2D eigenvalue weighted by Gasteiger charge is -2.31. The van der Waals surface area contributed by atoms with E-state index in [1.54, 1.807) is 11.4 Å². The summed E-state index contributed by atoms with van der Waals surface area (Å²) in [6.07, 6.45) is 0.109. The summed E-state index contributed by atoms with van der Waals surface area (Å²) in [5, 5.41) is 2.11. The summed E-state index contributed by atoms with van der Waals surface area (Å²) in [7, 11) is 0. The van der Waals surface area contributed by atoms with Crippen LogP contribution in [0, 0.1) is 0 Å². The summed E-state index contributed by atoms with van der Waals surface area (Å²) in [5.74, 6) is -3.03. The molecule has 20 heavy (non-hydrogen) atoms. The van der Waals surface area contributed by atoms with Crippen LogP contribution in [0.3, 0.4) is 0 Å². The summed E-state index contributed by atoms with van der Waals surface area (Å²) < 4.78 is 33.0. The van der Waals surface area contributed by atoms with E-state index in [1.807, 2.05) is 0 Å². The maximum Gasteiger partial charge on any atom is 0.296 e. The number of ether oxygens (including phenoxy) is 1. The Morgan fingerprint density at radius 1 is 1.40 bits per heavy atom. The minimum absolute atomic E-state index is 0.0722. The van der Waals surface area contributed by atoms with E-state index >= 15 is 0 Å². The molecule has 0 amide bonds. The largest absolute Gasteiger partial charge is 0.362 e. The van der Waals surface area contributed by atoms with Gasteiger partial charge >= 0.3 is 0 Å². The molecule has 0 saturated carbocycles. The molecule has 1 atom stereocenters.